The van der Waals surface area contributed by atoms with E-state index in [0.29, 0.717) is 12.8 Å². The maximum atomic E-state index is 11.5. The van der Waals surface area contributed by atoms with Crippen molar-refractivity contribution in [1.82, 2.24) is 15.3 Å². The molecular formula is C9H13N3O4. The van der Waals surface area contributed by atoms with Crippen molar-refractivity contribution in [1.29, 1.82) is 0 Å². The summed E-state index contributed by atoms with van der Waals surface area (Å²) in [6.45, 7) is 1.82. The topological polar surface area (TPSA) is 115 Å². The Kier molecular flexibility index (Phi) is 3.87. The smallest absolute Gasteiger partial charge is 0.326 e. The number of carboxylic acid groups (broad SMARTS) is 1. The third-order valence-corrected chi connectivity index (χ3v) is 2.02. The largest absolute Gasteiger partial charge is 0.480 e. The number of carboxylic acids is 1. The molecule has 0 aliphatic carbocycles. The van der Waals surface area contributed by atoms with E-state index in [1.54, 1.807) is 0 Å². The van der Waals surface area contributed by atoms with Gasteiger partial charge in [-0.1, -0.05) is 13.3 Å². The Labute approximate surface area is 90.9 Å². The molecule has 0 saturated heterocycles. The van der Waals surface area contributed by atoms with E-state index in [0.717, 1.165) is 0 Å². The average molecular weight is 227 g/mol. The number of imidazole rings is 1. The summed E-state index contributed by atoms with van der Waals surface area (Å²) in [5.41, 5.74) is -0.486. The molecule has 16 heavy (non-hydrogen) atoms. The molecule has 4 N–H and O–H groups in total. The van der Waals surface area contributed by atoms with Crippen LogP contribution in [0.1, 0.15) is 30.3 Å². The number of amides is 1. The van der Waals surface area contributed by atoms with Crippen molar-refractivity contribution in [3.63, 3.8) is 0 Å². The highest BCUT2D eigenvalue weighted by Gasteiger charge is 2.20. The molecule has 0 radical (unpaired) electrons. The summed E-state index contributed by atoms with van der Waals surface area (Å²) in [5, 5.41) is 11.1. The fourth-order valence-electron chi connectivity index (χ4n) is 1.24. The second-order valence-electron chi connectivity index (χ2n) is 3.31. The molecule has 1 rings (SSSR count). The van der Waals surface area contributed by atoms with E-state index in [4.69, 9.17) is 5.11 Å². The normalized spacial score (nSPS) is 12.1. The predicted molar refractivity (Wildman–Crippen MR) is 55.2 cm³/mol. The zero-order valence-corrected chi connectivity index (χ0v) is 8.74. The van der Waals surface area contributed by atoms with E-state index >= 15 is 0 Å². The first-order valence-corrected chi connectivity index (χ1v) is 4.86. The van der Waals surface area contributed by atoms with Crippen LogP contribution < -0.4 is 11.0 Å². The number of hydrogen-bond acceptors (Lipinski definition) is 3. The Hall–Kier alpha value is -2.05. The number of H-pyrrole nitrogens is 2. The Balaban J connectivity index is 2.68. The summed E-state index contributed by atoms with van der Waals surface area (Å²) in [7, 11) is 0. The molecule has 0 fully saturated rings. The van der Waals surface area contributed by atoms with Crippen molar-refractivity contribution in [2.45, 2.75) is 25.8 Å². The molecule has 1 aromatic heterocycles. The third kappa shape index (κ3) is 2.97. The van der Waals surface area contributed by atoms with Crippen LogP contribution in [-0.4, -0.2) is 33.0 Å². The molecule has 0 unspecified atom stereocenters. The lowest BCUT2D eigenvalue weighted by atomic mass is 10.1. The maximum Gasteiger partial charge on any atom is 0.326 e. The number of aliphatic carboxylic acids is 1. The molecule has 0 aliphatic rings. The number of carbonyl (C=O) groups excluding carboxylic acids is 1. The van der Waals surface area contributed by atoms with Gasteiger partial charge >= 0.3 is 11.7 Å². The van der Waals surface area contributed by atoms with Crippen molar-refractivity contribution in [2.24, 2.45) is 0 Å². The monoisotopic (exact) mass is 227 g/mol. The van der Waals surface area contributed by atoms with Crippen LogP contribution in [0, 0.1) is 0 Å². The van der Waals surface area contributed by atoms with Gasteiger partial charge in [-0.2, -0.15) is 0 Å². The molecule has 7 heteroatoms. The molecule has 7 nitrogen and oxygen atoms in total. The van der Waals surface area contributed by atoms with Crippen LogP contribution >= 0.6 is 0 Å². The Morgan fingerprint density at radius 3 is 2.69 bits per heavy atom. The van der Waals surface area contributed by atoms with Crippen LogP contribution in [0.15, 0.2) is 11.0 Å². The molecule has 1 amide bonds. The van der Waals surface area contributed by atoms with Crippen molar-refractivity contribution >= 4 is 11.9 Å². The van der Waals surface area contributed by atoms with Gasteiger partial charge in [0.25, 0.3) is 5.91 Å². The van der Waals surface area contributed by atoms with Crippen molar-refractivity contribution in [3.05, 3.63) is 22.4 Å². The second-order valence-corrected chi connectivity index (χ2v) is 3.31. The molecule has 88 valence electrons. The van der Waals surface area contributed by atoms with Crippen LogP contribution in [0.2, 0.25) is 0 Å². The van der Waals surface area contributed by atoms with Gasteiger partial charge in [0.15, 0.2) is 0 Å². The lowest BCUT2D eigenvalue weighted by Crippen LogP contribution is -2.40. The molecule has 1 heterocycles. The summed E-state index contributed by atoms with van der Waals surface area (Å²) in [5.74, 6) is -1.70. The van der Waals surface area contributed by atoms with Gasteiger partial charge in [0.2, 0.25) is 0 Å². The fourth-order valence-corrected chi connectivity index (χ4v) is 1.24. The van der Waals surface area contributed by atoms with Gasteiger partial charge in [-0.05, 0) is 6.42 Å². The maximum absolute atomic E-state index is 11.5. The van der Waals surface area contributed by atoms with E-state index in [-0.39, 0.29) is 5.69 Å². The summed E-state index contributed by atoms with van der Waals surface area (Å²) < 4.78 is 0. The number of rotatable bonds is 5. The fraction of sp³-hybridized carbons (Fsp3) is 0.444. The lowest BCUT2D eigenvalue weighted by molar-refractivity contribution is -0.139. The molecular weight excluding hydrogens is 214 g/mol. The SMILES string of the molecule is CCC[C@@H](NC(=O)c1c[nH]c(=O)[nH]1)C(=O)O. The standard InChI is InChI=1S/C9H13N3O4/c1-2-3-5(8(14)15)11-7(13)6-4-10-9(16)12-6/h4-5H,2-3H2,1H3,(H,11,13)(H,14,15)(H2,10,12,16)/t5-/m1/s1. The van der Waals surface area contributed by atoms with Gasteiger partial charge < -0.3 is 20.4 Å². The van der Waals surface area contributed by atoms with Crippen LogP contribution in [0.4, 0.5) is 0 Å². The van der Waals surface area contributed by atoms with E-state index < -0.39 is 23.6 Å². The molecule has 0 aromatic carbocycles. The molecule has 0 bridgehead atoms. The van der Waals surface area contributed by atoms with Crippen molar-refractivity contribution in [2.75, 3.05) is 0 Å². The highest BCUT2D eigenvalue weighted by Crippen LogP contribution is 1.98. The van der Waals surface area contributed by atoms with Crippen LogP contribution in [0.5, 0.6) is 0 Å². The third-order valence-electron chi connectivity index (χ3n) is 2.02. The summed E-state index contributed by atoms with van der Waals surface area (Å²) in [4.78, 5) is 37.5. The number of carbonyl (C=O) groups is 2. The molecule has 0 aliphatic heterocycles. The van der Waals surface area contributed by atoms with E-state index in [1.165, 1.54) is 6.20 Å². The van der Waals surface area contributed by atoms with E-state index in [9.17, 15) is 14.4 Å². The molecule has 0 saturated carbocycles. The highest BCUT2D eigenvalue weighted by atomic mass is 16.4. The number of hydrogen-bond donors (Lipinski definition) is 4. The van der Waals surface area contributed by atoms with Gasteiger partial charge in [0.05, 0.1) is 0 Å². The summed E-state index contributed by atoms with van der Waals surface area (Å²) in [6, 6.07) is -0.934. The lowest BCUT2D eigenvalue weighted by Gasteiger charge is -2.12. The van der Waals surface area contributed by atoms with Gasteiger partial charge in [-0.25, -0.2) is 9.59 Å². The first-order chi connectivity index (χ1) is 7.54. The first-order valence-electron chi connectivity index (χ1n) is 4.86. The number of aromatic amines is 2. The zero-order chi connectivity index (χ0) is 12.1. The second kappa shape index (κ2) is 5.15. The average Bonchev–Trinajstić information content (AvgIpc) is 2.64. The molecule has 1 atom stereocenters. The van der Waals surface area contributed by atoms with E-state index in [1.807, 2.05) is 6.92 Å². The first kappa shape index (κ1) is 12.0. The Morgan fingerprint density at radius 1 is 1.56 bits per heavy atom. The quantitative estimate of drug-likeness (QED) is 0.552. The van der Waals surface area contributed by atoms with Crippen LogP contribution in [-0.2, 0) is 4.79 Å². The minimum atomic E-state index is -1.09. The minimum absolute atomic E-state index is 0.0207. The van der Waals surface area contributed by atoms with Crippen LogP contribution in [0.3, 0.4) is 0 Å². The minimum Gasteiger partial charge on any atom is -0.480 e. The van der Waals surface area contributed by atoms with E-state index in [2.05, 4.69) is 15.3 Å². The van der Waals surface area contributed by atoms with Gasteiger partial charge in [0, 0.05) is 6.20 Å². The predicted octanol–water partition coefficient (Wildman–Crippen LogP) is -0.314. The van der Waals surface area contributed by atoms with Gasteiger partial charge in [0.1, 0.15) is 11.7 Å². The summed E-state index contributed by atoms with van der Waals surface area (Å²) in [6.07, 6.45) is 2.18. The molecule has 1 aromatic rings. The highest BCUT2D eigenvalue weighted by molar-refractivity contribution is 5.94. The Bertz CT molecular complexity index is 434. The summed E-state index contributed by atoms with van der Waals surface area (Å²) >= 11 is 0. The zero-order valence-electron chi connectivity index (χ0n) is 8.74. The number of aromatic nitrogens is 2. The van der Waals surface area contributed by atoms with Crippen LogP contribution in [0.25, 0.3) is 0 Å². The molecule has 0 spiro atoms. The Morgan fingerprint density at radius 2 is 2.25 bits per heavy atom. The van der Waals surface area contributed by atoms with Crippen molar-refractivity contribution in [3.8, 4) is 0 Å². The van der Waals surface area contributed by atoms with Gasteiger partial charge in [-0.3, -0.25) is 4.79 Å². The van der Waals surface area contributed by atoms with Crippen molar-refractivity contribution < 1.29 is 14.7 Å². The number of nitrogens with one attached hydrogen (secondary N) is 3. The van der Waals surface area contributed by atoms with Gasteiger partial charge in [-0.15, -0.1) is 0 Å².